The van der Waals surface area contributed by atoms with E-state index in [2.05, 4.69) is 36.0 Å². The van der Waals surface area contributed by atoms with Crippen molar-refractivity contribution in [3.05, 3.63) is 65.3 Å². The van der Waals surface area contributed by atoms with E-state index in [4.69, 9.17) is 4.74 Å². The maximum Gasteiger partial charge on any atom is 0.255 e. The lowest BCUT2D eigenvalue weighted by molar-refractivity contribution is 0.0590. The Balaban J connectivity index is 1.29. The van der Waals surface area contributed by atoms with E-state index < -0.39 is 9.84 Å². The molecule has 0 radical (unpaired) electrons. The van der Waals surface area contributed by atoms with Crippen LogP contribution in [-0.4, -0.2) is 69.4 Å². The summed E-state index contributed by atoms with van der Waals surface area (Å²) >= 11 is 3.35. The maximum absolute atomic E-state index is 12.8. The van der Waals surface area contributed by atoms with Crippen molar-refractivity contribution >= 4 is 42.7 Å². The van der Waals surface area contributed by atoms with Crippen molar-refractivity contribution in [2.75, 3.05) is 19.3 Å². The Labute approximate surface area is 210 Å². The molecule has 1 aliphatic rings. The van der Waals surface area contributed by atoms with Gasteiger partial charge in [-0.05, 0) is 46.3 Å². The molecule has 35 heavy (non-hydrogen) atoms. The van der Waals surface area contributed by atoms with Crippen LogP contribution in [0, 0.1) is 0 Å². The average molecular weight is 557 g/mol. The third-order valence-corrected chi connectivity index (χ3v) is 7.36. The highest BCUT2D eigenvalue weighted by molar-refractivity contribution is 9.10. The molecule has 1 amide bonds. The van der Waals surface area contributed by atoms with E-state index in [1.807, 2.05) is 0 Å². The summed E-state index contributed by atoms with van der Waals surface area (Å²) in [5.41, 5.74) is 1.77. The quantitative estimate of drug-likeness (QED) is 0.367. The van der Waals surface area contributed by atoms with E-state index >= 15 is 0 Å². The highest BCUT2D eigenvalue weighted by atomic mass is 79.9. The van der Waals surface area contributed by atoms with Crippen molar-refractivity contribution in [2.45, 2.75) is 23.8 Å². The first-order chi connectivity index (χ1) is 16.8. The fourth-order valence-corrected chi connectivity index (χ4v) is 4.98. The zero-order valence-corrected chi connectivity index (χ0v) is 21.1. The van der Waals surface area contributed by atoms with E-state index in [-0.39, 0.29) is 16.9 Å². The van der Waals surface area contributed by atoms with Gasteiger partial charge in [-0.25, -0.2) is 23.1 Å². The van der Waals surface area contributed by atoms with Crippen molar-refractivity contribution < 1.29 is 17.9 Å². The van der Waals surface area contributed by atoms with Gasteiger partial charge in [-0.15, -0.1) is 0 Å². The number of fused-ring (bicyclic) bond motifs is 1. The van der Waals surface area contributed by atoms with Gasteiger partial charge in [0.05, 0.1) is 22.3 Å². The molecule has 0 bridgehead atoms. The van der Waals surface area contributed by atoms with Crippen LogP contribution in [0.5, 0.6) is 5.88 Å². The molecule has 4 heterocycles. The molecule has 4 aromatic rings. The Kier molecular flexibility index (Phi) is 6.24. The van der Waals surface area contributed by atoms with Gasteiger partial charge in [0.2, 0.25) is 5.88 Å². The van der Waals surface area contributed by atoms with E-state index in [1.54, 1.807) is 46.4 Å². The predicted octanol–water partition coefficient (Wildman–Crippen LogP) is 3.06. The first-order valence-corrected chi connectivity index (χ1v) is 13.5. The summed E-state index contributed by atoms with van der Waals surface area (Å²) in [5, 5.41) is 5.06. The Hall–Kier alpha value is -3.38. The zero-order chi connectivity index (χ0) is 24.6. The smallest absolute Gasteiger partial charge is 0.255 e. The number of carbonyl (C=O) groups is 1. The minimum atomic E-state index is -3.29. The summed E-state index contributed by atoms with van der Waals surface area (Å²) in [4.78, 5) is 27.5. The minimum absolute atomic E-state index is 0.0511. The SMILES string of the molecule is CS(=O)(=O)c1ccc(-n2ncc3c(OC4CCN(C(=O)c5cncc(Br)c5)CC4)ncnc32)cc1. The van der Waals surface area contributed by atoms with Crippen LogP contribution in [0.15, 0.2) is 64.6 Å². The Bertz CT molecular complexity index is 1500. The van der Waals surface area contributed by atoms with Gasteiger partial charge in [-0.3, -0.25) is 9.78 Å². The topological polar surface area (TPSA) is 120 Å². The summed E-state index contributed by atoms with van der Waals surface area (Å²) in [7, 11) is -3.29. The first-order valence-electron chi connectivity index (χ1n) is 10.9. The fourth-order valence-electron chi connectivity index (χ4n) is 3.99. The number of nitrogens with zero attached hydrogens (tertiary/aromatic N) is 6. The molecular formula is C23H21BrN6O4S. The molecule has 1 fully saturated rings. The van der Waals surface area contributed by atoms with E-state index in [0.717, 1.165) is 4.47 Å². The molecule has 0 aliphatic carbocycles. The van der Waals surface area contributed by atoms with Crippen LogP contribution in [0.25, 0.3) is 16.7 Å². The molecule has 0 atom stereocenters. The number of likely N-dealkylation sites (tertiary alicyclic amines) is 1. The number of hydrogen-bond donors (Lipinski definition) is 0. The van der Waals surface area contributed by atoms with Crippen LogP contribution in [-0.2, 0) is 9.84 Å². The highest BCUT2D eigenvalue weighted by Crippen LogP contribution is 2.27. The number of aromatic nitrogens is 5. The number of pyridine rings is 1. The van der Waals surface area contributed by atoms with Crippen LogP contribution in [0.3, 0.4) is 0 Å². The van der Waals surface area contributed by atoms with E-state index in [0.29, 0.717) is 54.1 Å². The van der Waals surface area contributed by atoms with Gasteiger partial charge < -0.3 is 9.64 Å². The minimum Gasteiger partial charge on any atom is -0.474 e. The molecule has 1 aromatic carbocycles. The average Bonchev–Trinajstić information content (AvgIpc) is 3.29. The molecule has 10 nitrogen and oxygen atoms in total. The molecule has 180 valence electrons. The normalized spacial score (nSPS) is 14.9. The second-order valence-corrected chi connectivity index (χ2v) is 11.2. The summed E-state index contributed by atoms with van der Waals surface area (Å²) in [6.45, 7) is 1.13. The van der Waals surface area contributed by atoms with Crippen LogP contribution in [0.1, 0.15) is 23.2 Å². The number of sulfone groups is 1. The zero-order valence-electron chi connectivity index (χ0n) is 18.7. The second-order valence-electron chi connectivity index (χ2n) is 8.24. The Morgan fingerprint density at radius 2 is 1.83 bits per heavy atom. The largest absolute Gasteiger partial charge is 0.474 e. The lowest BCUT2D eigenvalue weighted by atomic mass is 10.1. The van der Waals surface area contributed by atoms with Crippen molar-refractivity contribution in [2.24, 2.45) is 0 Å². The molecule has 0 unspecified atom stereocenters. The number of hydrogen-bond acceptors (Lipinski definition) is 8. The van der Waals surface area contributed by atoms with E-state index in [9.17, 15) is 13.2 Å². The van der Waals surface area contributed by atoms with Crippen LogP contribution < -0.4 is 4.74 Å². The maximum atomic E-state index is 12.8. The summed E-state index contributed by atoms with van der Waals surface area (Å²) in [6, 6.07) is 8.20. The molecule has 0 spiro atoms. The highest BCUT2D eigenvalue weighted by Gasteiger charge is 2.26. The van der Waals surface area contributed by atoms with Crippen molar-refractivity contribution in [1.29, 1.82) is 0 Å². The summed E-state index contributed by atoms with van der Waals surface area (Å²) in [5.74, 6) is 0.375. The lowest BCUT2D eigenvalue weighted by Gasteiger charge is -2.32. The number of ether oxygens (including phenoxy) is 1. The van der Waals surface area contributed by atoms with E-state index in [1.165, 1.54) is 24.7 Å². The summed E-state index contributed by atoms with van der Waals surface area (Å²) in [6.07, 6.45) is 8.66. The van der Waals surface area contributed by atoms with Gasteiger partial charge in [0, 0.05) is 49.1 Å². The van der Waals surface area contributed by atoms with Crippen molar-refractivity contribution in [3.63, 3.8) is 0 Å². The number of carbonyl (C=O) groups excluding carboxylic acids is 1. The van der Waals surface area contributed by atoms with Crippen LogP contribution in [0.4, 0.5) is 0 Å². The summed E-state index contributed by atoms with van der Waals surface area (Å²) < 4.78 is 32.0. The Morgan fingerprint density at radius 1 is 1.09 bits per heavy atom. The third-order valence-electron chi connectivity index (χ3n) is 5.80. The van der Waals surface area contributed by atoms with Gasteiger partial charge >= 0.3 is 0 Å². The van der Waals surface area contributed by atoms with Gasteiger partial charge in [0.1, 0.15) is 17.8 Å². The standard InChI is InChI=1S/C23H21BrN6O4S/c1-35(32,33)19-4-2-17(3-5-19)30-21-20(13-28-30)22(27-14-26-21)34-18-6-8-29(9-7-18)23(31)15-10-16(24)12-25-11-15/h2-5,10-14,18H,6-9H2,1H3. The van der Waals surface area contributed by atoms with Crippen molar-refractivity contribution in [3.8, 4) is 11.6 Å². The molecular weight excluding hydrogens is 536 g/mol. The monoisotopic (exact) mass is 556 g/mol. The molecule has 3 aromatic heterocycles. The Morgan fingerprint density at radius 3 is 2.51 bits per heavy atom. The van der Waals surface area contributed by atoms with Gasteiger partial charge in [-0.1, -0.05) is 0 Å². The molecule has 12 heteroatoms. The second kappa shape index (κ2) is 9.34. The molecule has 0 N–H and O–H groups in total. The predicted molar refractivity (Wildman–Crippen MR) is 131 cm³/mol. The molecule has 0 saturated carbocycles. The fraction of sp³-hybridized carbons (Fsp3) is 0.261. The van der Waals surface area contributed by atoms with Gasteiger partial charge in [0.25, 0.3) is 5.91 Å². The molecule has 5 rings (SSSR count). The molecule has 1 aliphatic heterocycles. The number of halogens is 1. The third kappa shape index (κ3) is 4.89. The van der Waals surface area contributed by atoms with Crippen LogP contribution >= 0.6 is 15.9 Å². The first kappa shape index (κ1) is 23.4. The number of amides is 1. The van der Waals surface area contributed by atoms with Gasteiger partial charge in [-0.2, -0.15) is 5.10 Å². The van der Waals surface area contributed by atoms with Gasteiger partial charge in [0.15, 0.2) is 15.5 Å². The van der Waals surface area contributed by atoms with Crippen molar-refractivity contribution in [1.82, 2.24) is 29.6 Å². The number of benzene rings is 1. The van der Waals surface area contributed by atoms with Crippen LogP contribution in [0.2, 0.25) is 0 Å². The number of piperidine rings is 1. The lowest BCUT2D eigenvalue weighted by Crippen LogP contribution is -2.41. The number of rotatable bonds is 5. The molecule has 1 saturated heterocycles.